The first kappa shape index (κ1) is 15.6. The smallest absolute Gasteiger partial charge is 0.332 e. The second-order valence-corrected chi connectivity index (χ2v) is 6.69. The zero-order valence-corrected chi connectivity index (χ0v) is 14.0. The minimum absolute atomic E-state index is 0.0435. The molecule has 3 aromatic rings. The number of H-pyrrole nitrogens is 1. The maximum atomic E-state index is 13.2. The summed E-state index contributed by atoms with van der Waals surface area (Å²) >= 11 is 0. The zero-order valence-electron chi connectivity index (χ0n) is 14.0. The minimum atomic E-state index is -0.818. The molecule has 0 aliphatic heterocycles. The van der Waals surface area contributed by atoms with Gasteiger partial charge in [-0.2, -0.15) is 5.26 Å². The Labute approximate surface area is 143 Å². The summed E-state index contributed by atoms with van der Waals surface area (Å²) in [4.78, 5) is 33.5. The van der Waals surface area contributed by atoms with Crippen molar-refractivity contribution in [3.8, 4) is 6.07 Å². The number of pyridine rings is 1. The van der Waals surface area contributed by atoms with Crippen molar-refractivity contribution in [2.75, 3.05) is 0 Å². The van der Waals surface area contributed by atoms with E-state index in [9.17, 15) is 14.9 Å². The molecular weight excluding hydrogens is 318 g/mol. The summed E-state index contributed by atoms with van der Waals surface area (Å²) in [6.45, 7) is 1.57. The molecule has 3 heterocycles. The highest BCUT2D eigenvalue weighted by atomic mass is 16.2. The van der Waals surface area contributed by atoms with Crippen LogP contribution in [-0.4, -0.2) is 19.1 Å². The van der Waals surface area contributed by atoms with Crippen LogP contribution in [0, 0.1) is 11.3 Å². The fourth-order valence-corrected chi connectivity index (χ4v) is 3.92. The molecule has 7 heteroatoms. The molecule has 1 atom stereocenters. The molecule has 1 saturated carbocycles. The Morgan fingerprint density at radius 3 is 2.76 bits per heavy atom. The summed E-state index contributed by atoms with van der Waals surface area (Å²) in [5.41, 5.74) is 0.445. The third kappa shape index (κ3) is 2.29. The van der Waals surface area contributed by atoms with Crippen LogP contribution in [-0.2, 0) is 0 Å². The van der Waals surface area contributed by atoms with Crippen LogP contribution >= 0.6 is 0 Å². The average Bonchev–Trinajstić information content (AvgIpc) is 3.11. The number of nitriles is 1. The Hall–Kier alpha value is -2.88. The Morgan fingerprint density at radius 2 is 2.04 bits per heavy atom. The van der Waals surface area contributed by atoms with Gasteiger partial charge in [0, 0.05) is 23.8 Å². The molecule has 0 radical (unpaired) electrons. The Morgan fingerprint density at radius 1 is 1.28 bits per heavy atom. The van der Waals surface area contributed by atoms with Gasteiger partial charge in [0.15, 0.2) is 0 Å². The number of nitrogens with one attached hydrogen (secondary N) is 1. The van der Waals surface area contributed by atoms with Crippen molar-refractivity contribution >= 4 is 21.9 Å². The van der Waals surface area contributed by atoms with E-state index < -0.39 is 17.3 Å². The Balaban J connectivity index is 2.18. The monoisotopic (exact) mass is 337 g/mol. The van der Waals surface area contributed by atoms with Gasteiger partial charge in [0.2, 0.25) is 0 Å². The molecule has 0 amide bonds. The number of rotatable bonds is 2. The van der Waals surface area contributed by atoms with Gasteiger partial charge >= 0.3 is 5.69 Å². The number of hydrogen-bond acceptors (Lipinski definition) is 4. The van der Waals surface area contributed by atoms with Crippen molar-refractivity contribution in [1.29, 1.82) is 5.26 Å². The fourth-order valence-electron chi connectivity index (χ4n) is 3.92. The lowest BCUT2D eigenvalue weighted by Gasteiger charge is -2.26. The van der Waals surface area contributed by atoms with Crippen LogP contribution in [0.2, 0.25) is 0 Å². The van der Waals surface area contributed by atoms with Crippen LogP contribution in [0.25, 0.3) is 21.9 Å². The van der Waals surface area contributed by atoms with Gasteiger partial charge in [0.05, 0.1) is 17.0 Å². The number of fused-ring (bicyclic) bond motifs is 3. The lowest BCUT2D eigenvalue weighted by atomic mass is 9.95. The lowest BCUT2D eigenvalue weighted by Crippen LogP contribution is -2.43. The molecule has 1 fully saturated rings. The average molecular weight is 337 g/mol. The van der Waals surface area contributed by atoms with Gasteiger partial charge in [-0.05, 0) is 25.8 Å². The second kappa shape index (κ2) is 5.88. The standard InChI is InChI=1S/C18H19N5O2/c1-11(9-19)22-17(24)14-10-21-16-13(7-8-20-16)15(14)23(18(22)25)12-5-3-2-4-6-12/h7-8,10-12H,2-6H2,1H3,(H,20,21). The SMILES string of the molecule is CC(C#N)n1c(=O)c2cnc3[nH]ccc3c2n(C2CCCCC2)c1=O. The van der Waals surface area contributed by atoms with E-state index in [-0.39, 0.29) is 6.04 Å². The highest BCUT2D eigenvalue weighted by molar-refractivity contribution is 6.01. The summed E-state index contributed by atoms with van der Waals surface area (Å²) < 4.78 is 2.80. The molecule has 3 aromatic heterocycles. The third-order valence-corrected chi connectivity index (χ3v) is 5.17. The van der Waals surface area contributed by atoms with Crippen LogP contribution < -0.4 is 11.2 Å². The molecule has 0 saturated heterocycles. The maximum absolute atomic E-state index is 13.2. The number of aromatic nitrogens is 4. The van der Waals surface area contributed by atoms with Crippen molar-refractivity contribution in [2.24, 2.45) is 0 Å². The molecule has 25 heavy (non-hydrogen) atoms. The first-order chi connectivity index (χ1) is 12.1. The van der Waals surface area contributed by atoms with E-state index in [4.69, 9.17) is 0 Å². The fraction of sp³-hybridized carbons (Fsp3) is 0.444. The van der Waals surface area contributed by atoms with Gasteiger partial charge in [-0.15, -0.1) is 0 Å². The molecule has 128 valence electrons. The van der Waals surface area contributed by atoms with Crippen LogP contribution in [0.4, 0.5) is 0 Å². The van der Waals surface area contributed by atoms with Crippen molar-refractivity contribution in [3.63, 3.8) is 0 Å². The molecular formula is C18H19N5O2. The van der Waals surface area contributed by atoms with Crippen molar-refractivity contribution < 1.29 is 0 Å². The van der Waals surface area contributed by atoms with E-state index in [1.807, 2.05) is 12.1 Å². The summed E-state index contributed by atoms with van der Waals surface area (Å²) in [6, 6.07) is 3.09. The highest BCUT2D eigenvalue weighted by Crippen LogP contribution is 2.31. The first-order valence-electron chi connectivity index (χ1n) is 8.66. The molecule has 1 unspecified atom stereocenters. The molecule has 1 N–H and O–H groups in total. The summed E-state index contributed by atoms with van der Waals surface area (Å²) in [6.07, 6.45) is 8.37. The second-order valence-electron chi connectivity index (χ2n) is 6.69. The molecule has 4 rings (SSSR count). The molecule has 7 nitrogen and oxygen atoms in total. The lowest BCUT2D eigenvalue weighted by molar-refractivity contribution is 0.343. The largest absolute Gasteiger partial charge is 0.346 e. The van der Waals surface area contributed by atoms with Crippen LogP contribution in [0.1, 0.15) is 51.1 Å². The van der Waals surface area contributed by atoms with Gasteiger partial charge < -0.3 is 4.98 Å². The van der Waals surface area contributed by atoms with E-state index in [2.05, 4.69) is 9.97 Å². The van der Waals surface area contributed by atoms with E-state index in [0.29, 0.717) is 16.6 Å². The molecule has 1 aliphatic carbocycles. The molecule has 0 aromatic carbocycles. The van der Waals surface area contributed by atoms with Crippen LogP contribution in [0.3, 0.4) is 0 Å². The zero-order chi connectivity index (χ0) is 17.6. The van der Waals surface area contributed by atoms with Gasteiger partial charge in [-0.1, -0.05) is 19.3 Å². The maximum Gasteiger partial charge on any atom is 0.332 e. The quantitative estimate of drug-likeness (QED) is 0.777. The van der Waals surface area contributed by atoms with Gasteiger partial charge in [0.1, 0.15) is 11.7 Å². The Kier molecular flexibility index (Phi) is 3.68. The van der Waals surface area contributed by atoms with E-state index in [1.54, 1.807) is 17.7 Å². The van der Waals surface area contributed by atoms with Gasteiger partial charge in [-0.25, -0.2) is 14.3 Å². The van der Waals surface area contributed by atoms with Crippen LogP contribution in [0.5, 0.6) is 0 Å². The predicted molar refractivity (Wildman–Crippen MR) is 94.6 cm³/mol. The van der Waals surface area contributed by atoms with Crippen LogP contribution in [0.15, 0.2) is 28.0 Å². The third-order valence-electron chi connectivity index (χ3n) is 5.17. The predicted octanol–water partition coefficient (Wildman–Crippen LogP) is 2.63. The Bertz CT molecular complexity index is 1110. The van der Waals surface area contributed by atoms with E-state index >= 15 is 0 Å². The van der Waals surface area contributed by atoms with Crippen molar-refractivity contribution in [3.05, 3.63) is 39.3 Å². The first-order valence-corrected chi connectivity index (χ1v) is 8.66. The summed E-state index contributed by atoms with van der Waals surface area (Å²) in [5, 5.41) is 10.4. The number of aromatic amines is 1. The van der Waals surface area contributed by atoms with E-state index in [0.717, 1.165) is 35.6 Å². The van der Waals surface area contributed by atoms with Gasteiger partial charge in [-0.3, -0.25) is 9.36 Å². The van der Waals surface area contributed by atoms with Crippen molar-refractivity contribution in [1.82, 2.24) is 19.1 Å². The number of nitrogens with zero attached hydrogens (tertiary/aromatic N) is 4. The topological polar surface area (TPSA) is 96.5 Å². The number of hydrogen-bond donors (Lipinski definition) is 1. The van der Waals surface area contributed by atoms with E-state index in [1.165, 1.54) is 12.6 Å². The molecule has 0 spiro atoms. The molecule has 1 aliphatic rings. The molecule has 0 bridgehead atoms. The minimum Gasteiger partial charge on any atom is -0.346 e. The summed E-state index contributed by atoms with van der Waals surface area (Å²) in [5.74, 6) is 0. The highest BCUT2D eigenvalue weighted by Gasteiger charge is 2.25. The van der Waals surface area contributed by atoms with Crippen molar-refractivity contribution in [2.45, 2.75) is 51.1 Å². The summed E-state index contributed by atoms with van der Waals surface area (Å²) in [7, 11) is 0. The van der Waals surface area contributed by atoms with Gasteiger partial charge in [0.25, 0.3) is 5.56 Å². The normalized spacial score (nSPS) is 17.0.